The second kappa shape index (κ2) is 15.6. The van der Waals surface area contributed by atoms with Gasteiger partial charge < -0.3 is 5.11 Å². The van der Waals surface area contributed by atoms with Gasteiger partial charge in [0.2, 0.25) is 0 Å². The lowest BCUT2D eigenvalue weighted by molar-refractivity contribution is 0.465. The highest BCUT2D eigenvalue weighted by molar-refractivity contribution is 5.98. The number of hydrogen-bond acceptors (Lipinski definition) is 3. The van der Waals surface area contributed by atoms with Crippen LogP contribution in [-0.2, 0) is 5.41 Å². The van der Waals surface area contributed by atoms with Gasteiger partial charge in [0.25, 0.3) is 0 Å². The zero-order valence-electron chi connectivity index (χ0n) is 37.6. The molecule has 4 nitrogen and oxygen atoms in total. The Hall–Kier alpha value is -7.04. The summed E-state index contributed by atoms with van der Waals surface area (Å²) >= 11 is 0. The molecule has 0 saturated carbocycles. The first-order chi connectivity index (χ1) is 30.2. The third-order valence-electron chi connectivity index (χ3n) is 11.4. The van der Waals surface area contributed by atoms with E-state index in [2.05, 4.69) is 154 Å². The quantitative estimate of drug-likeness (QED) is 0.167. The molecule has 0 aliphatic rings. The summed E-state index contributed by atoms with van der Waals surface area (Å²) in [4.78, 5) is 10.5. The van der Waals surface area contributed by atoms with E-state index in [1.54, 1.807) is 18.3 Å². The number of hydrogen-bond donors (Lipinski definition) is 1. The Morgan fingerprint density at radius 1 is 0.567 bits per heavy atom. The lowest BCUT2D eigenvalue weighted by Crippen LogP contribution is -2.12. The van der Waals surface area contributed by atoms with Crippen molar-refractivity contribution in [2.24, 2.45) is 0 Å². The standard InChI is InChI=1S/C56H49N3O/c1-36(2)48-34-45(56(4,5)6)35-49(54(48)60)55-58-53-47(21-15-23-52(53)59(55)51-22-14-13-20-46(51)40-18-11-8-12-19-40)43-30-42(38-16-9-7-10-17-38)31-44(32-43)50-33-41(28-29-57-50)39-26-24-37(3)25-27-39/h7-36,60H,1-6H3/i3D3. The Morgan fingerprint density at radius 2 is 1.22 bits per heavy atom. The Balaban J connectivity index is 1.30. The number of benzene rings is 7. The minimum Gasteiger partial charge on any atom is -0.507 e. The first kappa shape index (κ1) is 35.0. The number of phenolic OH excluding ortho intramolecular Hbond substituents is 1. The molecular formula is C56H49N3O. The van der Waals surface area contributed by atoms with E-state index >= 15 is 0 Å². The molecule has 1 N–H and O–H groups in total. The molecule has 0 atom stereocenters. The lowest BCUT2D eigenvalue weighted by atomic mass is 9.83. The predicted octanol–water partition coefficient (Wildman–Crippen LogP) is 14.9. The van der Waals surface area contributed by atoms with Crippen LogP contribution < -0.4 is 0 Å². The average molecular weight is 783 g/mol. The molecule has 7 aromatic carbocycles. The van der Waals surface area contributed by atoms with Crippen molar-refractivity contribution in [1.29, 1.82) is 0 Å². The summed E-state index contributed by atoms with van der Waals surface area (Å²) in [5.74, 6) is 0.973. The van der Waals surface area contributed by atoms with Gasteiger partial charge in [0.15, 0.2) is 0 Å². The summed E-state index contributed by atoms with van der Waals surface area (Å²) in [6.45, 7) is 8.68. The Morgan fingerprint density at radius 3 is 1.93 bits per heavy atom. The van der Waals surface area contributed by atoms with Crippen molar-refractivity contribution >= 4 is 11.0 Å². The van der Waals surface area contributed by atoms with Crippen molar-refractivity contribution in [2.45, 2.75) is 52.8 Å². The average Bonchev–Trinajstić information content (AvgIpc) is 3.68. The van der Waals surface area contributed by atoms with Crippen LogP contribution in [0.4, 0.5) is 0 Å². The third kappa shape index (κ3) is 7.30. The van der Waals surface area contributed by atoms with E-state index in [4.69, 9.17) is 14.1 Å². The first-order valence-electron chi connectivity index (χ1n) is 22.1. The molecule has 0 aliphatic carbocycles. The van der Waals surface area contributed by atoms with Gasteiger partial charge in [-0.25, -0.2) is 4.98 Å². The summed E-state index contributed by atoms with van der Waals surface area (Å²) in [6, 6.07) is 57.4. The van der Waals surface area contributed by atoms with Crippen LogP contribution in [0.25, 0.3) is 83.9 Å². The smallest absolute Gasteiger partial charge is 0.149 e. The van der Waals surface area contributed by atoms with E-state index in [9.17, 15) is 5.11 Å². The number of rotatable bonds is 8. The zero-order chi connectivity index (χ0) is 44.0. The van der Waals surface area contributed by atoms with Gasteiger partial charge in [0.1, 0.15) is 11.6 Å². The monoisotopic (exact) mass is 782 g/mol. The number of pyridine rings is 1. The van der Waals surface area contributed by atoms with Gasteiger partial charge in [-0.1, -0.05) is 162 Å². The summed E-state index contributed by atoms with van der Waals surface area (Å²) in [5, 5.41) is 12.3. The molecule has 0 bridgehead atoms. The summed E-state index contributed by atoms with van der Waals surface area (Å²) in [6.07, 6.45) is 1.81. The second-order valence-corrected chi connectivity index (χ2v) is 16.9. The SMILES string of the molecule is [2H]C([2H])([2H])c1ccc(-c2ccnc(-c3cc(-c4ccccc4)cc(-c4cccc5c4nc(-c4cc(C(C)(C)C)cc(C(C)C)c4O)n5-c4ccccc4-c4ccccc4)c3)c2)cc1. The first-order valence-corrected chi connectivity index (χ1v) is 20.6. The maximum Gasteiger partial charge on any atom is 0.149 e. The largest absolute Gasteiger partial charge is 0.507 e. The van der Waals surface area contributed by atoms with Crippen LogP contribution in [0.3, 0.4) is 0 Å². The van der Waals surface area contributed by atoms with Gasteiger partial charge in [-0.2, -0.15) is 0 Å². The highest BCUT2D eigenvalue weighted by Gasteiger charge is 2.26. The molecule has 4 heteroatoms. The summed E-state index contributed by atoms with van der Waals surface area (Å²) in [7, 11) is 0. The number of aromatic nitrogens is 3. The number of aromatic hydroxyl groups is 1. The summed E-state index contributed by atoms with van der Waals surface area (Å²) < 4.78 is 25.7. The van der Waals surface area contributed by atoms with Crippen molar-refractivity contribution in [2.75, 3.05) is 0 Å². The number of para-hydroxylation sites is 2. The molecule has 0 fully saturated rings. The Labute approximate surface area is 357 Å². The molecule has 0 spiro atoms. The van der Waals surface area contributed by atoms with Crippen LogP contribution in [-0.4, -0.2) is 19.6 Å². The van der Waals surface area contributed by atoms with Gasteiger partial charge in [-0.3, -0.25) is 9.55 Å². The highest BCUT2D eigenvalue weighted by atomic mass is 16.3. The van der Waals surface area contributed by atoms with Crippen LogP contribution in [0.5, 0.6) is 5.75 Å². The van der Waals surface area contributed by atoms with E-state index in [0.29, 0.717) is 17.0 Å². The number of imidazole rings is 1. The van der Waals surface area contributed by atoms with Gasteiger partial charge in [0.05, 0.1) is 28.0 Å². The van der Waals surface area contributed by atoms with Gasteiger partial charge in [0, 0.05) is 27.0 Å². The van der Waals surface area contributed by atoms with Crippen molar-refractivity contribution in [3.05, 3.63) is 193 Å². The van der Waals surface area contributed by atoms with Crippen molar-refractivity contribution in [1.82, 2.24) is 14.5 Å². The number of fused-ring (bicyclic) bond motifs is 1. The van der Waals surface area contributed by atoms with Crippen molar-refractivity contribution in [3.63, 3.8) is 0 Å². The van der Waals surface area contributed by atoms with E-state index in [1.807, 2.05) is 42.5 Å². The van der Waals surface area contributed by atoms with Gasteiger partial charge in [-0.15, -0.1) is 0 Å². The zero-order valence-corrected chi connectivity index (χ0v) is 34.6. The molecule has 0 saturated heterocycles. The number of phenols is 1. The van der Waals surface area contributed by atoms with Crippen LogP contribution in [0, 0.1) is 6.85 Å². The van der Waals surface area contributed by atoms with Gasteiger partial charge in [-0.05, 0) is 111 Å². The van der Waals surface area contributed by atoms with E-state index < -0.39 is 6.85 Å². The minimum absolute atomic E-state index is 0.0795. The van der Waals surface area contributed by atoms with Crippen LogP contribution in [0.15, 0.2) is 176 Å². The van der Waals surface area contributed by atoms with Crippen molar-refractivity contribution < 1.29 is 9.22 Å². The maximum atomic E-state index is 12.3. The van der Waals surface area contributed by atoms with Crippen LogP contribution in [0.2, 0.25) is 0 Å². The highest BCUT2D eigenvalue weighted by Crippen LogP contribution is 2.45. The molecule has 0 unspecified atom stereocenters. The predicted molar refractivity (Wildman–Crippen MR) is 251 cm³/mol. The Kier molecular flexibility index (Phi) is 9.10. The fourth-order valence-corrected chi connectivity index (χ4v) is 8.15. The minimum atomic E-state index is -2.17. The summed E-state index contributed by atoms with van der Waals surface area (Å²) in [5.41, 5.74) is 15.2. The Bertz CT molecular complexity index is 3110. The molecule has 60 heavy (non-hydrogen) atoms. The molecule has 294 valence electrons. The molecule has 0 amide bonds. The van der Waals surface area contributed by atoms with Crippen LogP contribution in [0.1, 0.15) is 61.3 Å². The molecule has 0 radical (unpaired) electrons. The van der Waals surface area contributed by atoms with E-state index in [-0.39, 0.29) is 17.1 Å². The second-order valence-electron chi connectivity index (χ2n) is 16.9. The van der Waals surface area contributed by atoms with E-state index in [1.165, 1.54) is 0 Å². The molecule has 2 heterocycles. The third-order valence-corrected chi connectivity index (χ3v) is 11.4. The molecular weight excluding hydrogens is 731 g/mol. The molecule has 9 aromatic rings. The fraction of sp³-hybridized carbons (Fsp3) is 0.143. The molecule has 2 aromatic heterocycles. The lowest BCUT2D eigenvalue weighted by Gasteiger charge is -2.24. The fourth-order valence-electron chi connectivity index (χ4n) is 8.15. The normalized spacial score (nSPS) is 12.7. The molecule has 0 aliphatic heterocycles. The topological polar surface area (TPSA) is 50.9 Å². The number of nitrogens with zero attached hydrogens (tertiary/aromatic N) is 3. The van der Waals surface area contributed by atoms with E-state index in [0.717, 1.165) is 83.6 Å². The molecule has 9 rings (SSSR count). The van der Waals surface area contributed by atoms with Crippen molar-refractivity contribution in [3.8, 4) is 78.6 Å². The van der Waals surface area contributed by atoms with Gasteiger partial charge >= 0.3 is 0 Å². The number of aryl methyl sites for hydroxylation is 1. The maximum absolute atomic E-state index is 12.3. The van der Waals surface area contributed by atoms with Crippen LogP contribution >= 0.6 is 0 Å².